The van der Waals surface area contributed by atoms with E-state index in [1.54, 1.807) is 6.07 Å². The Labute approximate surface area is 135 Å². The molecule has 1 aliphatic carbocycles. The number of hydrogen-bond donors (Lipinski definition) is 1. The van der Waals surface area contributed by atoms with Crippen LogP contribution in [0.2, 0.25) is 0 Å². The molecule has 2 aromatic carbocycles. The molecule has 120 valence electrons. The number of sulfonamides is 1. The van der Waals surface area contributed by atoms with Crippen LogP contribution in [-0.2, 0) is 10.0 Å². The van der Waals surface area contributed by atoms with Gasteiger partial charge in [0.1, 0.15) is 16.4 Å². The van der Waals surface area contributed by atoms with Crippen LogP contribution in [-0.4, -0.2) is 27.5 Å². The molecule has 1 fully saturated rings. The van der Waals surface area contributed by atoms with Gasteiger partial charge in [0.15, 0.2) is 0 Å². The molecule has 1 saturated carbocycles. The molecule has 0 amide bonds. The van der Waals surface area contributed by atoms with Gasteiger partial charge in [0, 0.05) is 25.2 Å². The summed E-state index contributed by atoms with van der Waals surface area (Å²) in [5.41, 5.74) is 0.776. The number of anilines is 1. The number of rotatable bonds is 3. The molecule has 1 heterocycles. The number of nitrogens with zero attached hydrogens (tertiary/aromatic N) is 1. The van der Waals surface area contributed by atoms with Gasteiger partial charge in [-0.1, -0.05) is 18.2 Å². The van der Waals surface area contributed by atoms with Crippen LogP contribution in [0.3, 0.4) is 0 Å². The van der Waals surface area contributed by atoms with Gasteiger partial charge in [-0.3, -0.25) is 0 Å². The fourth-order valence-corrected chi connectivity index (χ4v) is 4.15. The van der Waals surface area contributed by atoms with E-state index in [-0.39, 0.29) is 0 Å². The molecule has 0 saturated heterocycles. The Bertz CT molecular complexity index is 817. The average Bonchev–Trinajstić information content (AvgIpc) is 3.37. The summed E-state index contributed by atoms with van der Waals surface area (Å²) in [4.78, 5) is 2.49. The molecule has 1 N–H and O–H groups in total. The van der Waals surface area contributed by atoms with Gasteiger partial charge in [-0.25, -0.2) is 13.1 Å². The highest BCUT2D eigenvalue weighted by Gasteiger charge is 2.34. The number of nitrogens with one attached hydrogen (secondary N) is 1. The van der Waals surface area contributed by atoms with E-state index in [4.69, 9.17) is 4.74 Å². The van der Waals surface area contributed by atoms with Gasteiger partial charge in [-0.2, -0.15) is 0 Å². The van der Waals surface area contributed by atoms with Gasteiger partial charge in [0.05, 0.1) is 5.69 Å². The Morgan fingerprint density at radius 3 is 2.57 bits per heavy atom. The van der Waals surface area contributed by atoms with Crippen molar-refractivity contribution in [3.05, 3.63) is 48.5 Å². The van der Waals surface area contributed by atoms with E-state index in [2.05, 4.69) is 9.62 Å². The van der Waals surface area contributed by atoms with Gasteiger partial charge in [-0.15, -0.1) is 0 Å². The van der Waals surface area contributed by atoms with Crippen molar-refractivity contribution in [1.29, 1.82) is 0 Å². The first kappa shape index (κ1) is 14.5. The molecule has 23 heavy (non-hydrogen) atoms. The molecule has 0 spiro atoms. The van der Waals surface area contributed by atoms with Crippen molar-refractivity contribution in [1.82, 2.24) is 4.72 Å². The maximum Gasteiger partial charge on any atom is 0.242 e. The average molecular weight is 330 g/mol. The Hall–Kier alpha value is -2.05. The van der Waals surface area contributed by atoms with Crippen LogP contribution in [0.25, 0.3) is 0 Å². The smallest absolute Gasteiger partial charge is 0.242 e. The van der Waals surface area contributed by atoms with Crippen LogP contribution in [0.4, 0.5) is 5.69 Å². The normalized spacial score (nSPS) is 19.7. The maximum absolute atomic E-state index is 12.5. The molecular weight excluding hydrogens is 312 g/mol. The monoisotopic (exact) mass is 330 g/mol. The SMILES string of the molecule is O=S1(=O)NCCN(C2CC2)c2ccc(Oc3ccccc3)cc21. The molecule has 2 aliphatic rings. The third kappa shape index (κ3) is 2.92. The first-order chi connectivity index (χ1) is 11.1. The third-order valence-corrected chi connectivity index (χ3v) is 5.63. The van der Waals surface area contributed by atoms with Crippen LogP contribution in [0.15, 0.2) is 53.4 Å². The second-order valence-electron chi connectivity index (χ2n) is 5.87. The summed E-state index contributed by atoms with van der Waals surface area (Å²) >= 11 is 0. The summed E-state index contributed by atoms with van der Waals surface area (Å²) < 4.78 is 33.4. The van der Waals surface area contributed by atoms with Gasteiger partial charge < -0.3 is 9.64 Å². The van der Waals surface area contributed by atoms with Crippen molar-refractivity contribution in [2.24, 2.45) is 0 Å². The van der Waals surface area contributed by atoms with E-state index in [0.717, 1.165) is 18.5 Å². The second kappa shape index (κ2) is 5.54. The summed E-state index contributed by atoms with van der Waals surface area (Å²) in [5, 5.41) is 0. The van der Waals surface area contributed by atoms with Gasteiger partial charge in [0.25, 0.3) is 0 Å². The Kier molecular flexibility index (Phi) is 3.50. The summed E-state index contributed by atoms with van der Waals surface area (Å²) in [5.74, 6) is 1.21. The van der Waals surface area contributed by atoms with Crippen molar-refractivity contribution in [3.8, 4) is 11.5 Å². The molecule has 6 heteroatoms. The summed E-state index contributed by atoms with van der Waals surface area (Å²) in [7, 11) is -3.50. The molecule has 4 rings (SSSR count). The zero-order chi connectivity index (χ0) is 15.9. The zero-order valence-corrected chi connectivity index (χ0v) is 13.4. The quantitative estimate of drug-likeness (QED) is 0.940. The van der Waals surface area contributed by atoms with E-state index in [0.29, 0.717) is 35.5 Å². The highest BCUT2D eigenvalue weighted by Crippen LogP contribution is 2.38. The largest absolute Gasteiger partial charge is 0.457 e. The maximum atomic E-state index is 12.5. The molecule has 2 aromatic rings. The lowest BCUT2D eigenvalue weighted by molar-refractivity contribution is 0.480. The topological polar surface area (TPSA) is 58.6 Å². The lowest BCUT2D eigenvalue weighted by Crippen LogP contribution is -2.31. The predicted octanol–water partition coefficient (Wildman–Crippen LogP) is 2.74. The van der Waals surface area contributed by atoms with E-state index in [9.17, 15) is 8.42 Å². The molecule has 0 radical (unpaired) electrons. The molecule has 0 aromatic heterocycles. The second-order valence-corrected chi connectivity index (χ2v) is 7.60. The molecular formula is C17H18N2O3S. The van der Waals surface area contributed by atoms with Crippen molar-refractivity contribution in [2.45, 2.75) is 23.8 Å². The summed E-state index contributed by atoms with van der Waals surface area (Å²) in [6.45, 7) is 1.14. The number of benzene rings is 2. The van der Waals surface area contributed by atoms with E-state index in [1.807, 2.05) is 42.5 Å². The lowest BCUT2D eigenvalue weighted by atomic mass is 10.2. The van der Waals surface area contributed by atoms with E-state index < -0.39 is 10.0 Å². The van der Waals surface area contributed by atoms with Gasteiger partial charge in [0.2, 0.25) is 10.0 Å². The van der Waals surface area contributed by atoms with Crippen molar-refractivity contribution in [3.63, 3.8) is 0 Å². The highest BCUT2D eigenvalue weighted by molar-refractivity contribution is 7.89. The van der Waals surface area contributed by atoms with Crippen LogP contribution in [0, 0.1) is 0 Å². The van der Waals surface area contributed by atoms with Crippen LogP contribution in [0.5, 0.6) is 11.5 Å². The van der Waals surface area contributed by atoms with Gasteiger partial charge in [-0.05, 0) is 37.1 Å². The molecule has 5 nitrogen and oxygen atoms in total. The molecule has 0 unspecified atom stereocenters. The Morgan fingerprint density at radius 1 is 1.04 bits per heavy atom. The van der Waals surface area contributed by atoms with Crippen LogP contribution in [0.1, 0.15) is 12.8 Å². The van der Waals surface area contributed by atoms with Gasteiger partial charge >= 0.3 is 0 Å². The van der Waals surface area contributed by atoms with Crippen molar-refractivity contribution in [2.75, 3.05) is 18.0 Å². The Morgan fingerprint density at radius 2 is 1.83 bits per heavy atom. The van der Waals surface area contributed by atoms with Crippen LogP contribution >= 0.6 is 0 Å². The predicted molar refractivity (Wildman–Crippen MR) is 88.5 cm³/mol. The molecule has 0 bridgehead atoms. The first-order valence-electron chi connectivity index (χ1n) is 7.77. The summed E-state index contributed by atoms with van der Waals surface area (Å²) in [6.07, 6.45) is 2.25. The number of para-hydroxylation sites is 1. The van der Waals surface area contributed by atoms with Crippen molar-refractivity contribution >= 4 is 15.7 Å². The van der Waals surface area contributed by atoms with Crippen molar-refractivity contribution < 1.29 is 13.2 Å². The highest BCUT2D eigenvalue weighted by atomic mass is 32.2. The fourth-order valence-electron chi connectivity index (χ4n) is 2.90. The fraction of sp³-hybridized carbons (Fsp3) is 0.294. The minimum absolute atomic E-state index is 0.301. The van der Waals surface area contributed by atoms with Crippen LogP contribution < -0.4 is 14.4 Å². The lowest BCUT2D eigenvalue weighted by Gasteiger charge is -2.23. The number of hydrogen-bond acceptors (Lipinski definition) is 4. The molecule has 0 atom stereocenters. The standard InChI is InChI=1S/C17H18N2O3S/c20-23(21)17-12-15(22-14-4-2-1-3-5-14)8-9-16(17)19(11-10-18-23)13-6-7-13/h1-5,8-9,12-13,18H,6-7,10-11H2. The minimum Gasteiger partial charge on any atom is -0.457 e. The summed E-state index contributed by atoms with van der Waals surface area (Å²) in [6, 6.07) is 15.1. The third-order valence-electron chi connectivity index (χ3n) is 4.14. The first-order valence-corrected chi connectivity index (χ1v) is 9.25. The number of ether oxygens (including phenoxy) is 1. The minimum atomic E-state index is -3.50. The van der Waals surface area contributed by atoms with E-state index in [1.165, 1.54) is 0 Å². The van der Waals surface area contributed by atoms with E-state index >= 15 is 0 Å². The number of fused-ring (bicyclic) bond motifs is 1. The Balaban J connectivity index is 1.74. The zero-order valence-electron chi connectivity index (χ0n) is 12.6. The molecule has 1 aliphatic heterocycles.